The molecule has 1 fully saturated rings. The van der Waals surface area contributed by atoms with Gasteiger partial charge >= 0.3 is 12.2 Å². The number of benzene rings is 1. The Morgan fingerprint density at radius 1 is 1.33 bits per heavy atom. The van der Waals surface area contributed by atoms with Crippen molar-refractivity contribution < 1.29 is 22.7 Å². The van der Waals surface area contributed by atoms with E-state index in [1.165, 1.54) is 35.1 Å². The number of carbonyl (C=O) groups excluding carboxylic acids is 1. The zero-order chi connectivity index (χ0) is 19.3. The molecule has 3 N–H and O–H groups in total. The number of carbonyl (C=O) groups is 1. The summed E-state index contributed by atoms with van der Waals surface area (Å²) in [6.45, 7) is 2.21. The van der Waals surface area contributed by atoms with Crippen molar-refractivity contribution in [1.82, 2.24) is 20.4 Å². The van der Waals surface area contributed by atoms with Crippen LogP contribution in [0.3, 0.4) is 0 Å². The zero-order valence-corrected chi connectivity index (χ0v) is 14.4. The maximum atomic E-state index is 13.1. The topological polar surface area (TPSA) is 80.2 Å². The van der Waals surface area contributed by atoms with Crippen molar-refractivity contribution in [2.75, 3.05) is 31.6 Å². The highest BCUT2D eigenvalue weighted by Gasteiger charge is 2.33. The third-order valence-electron chi connectivity index (χ3n) is 4.10. The standard InChI is InChI=1S/C17H20F3N5O2/c18-17(19,20)14-4-2-1-3-12(14)11-25-15(5-6-23-25)24-16(26)22-10-13-9-21-7-8-27-13/h1-6,13,21H,7-11H2,(H2,22,24,26)/t13-/m0/s1. The smallest absolute Gasteiger partial charge is 0.374 e. The van der Waals surface area contributed by atoms with E-state index in [9.17, 15) is 18.0 Å². The first-order chi connectivity index (χ1) is 12.9. The van der Waals surface area contributed by atoms with Crippen LogP contribution in [0.25, 0.3) is 0 Å². The summed E-state index contributed by atoms with van der Waals surface area (Å²) in [4.78, 5) is 12.1. The van der Waals surface area contributed by atoms with Crippen molar-refractivity contribution >= 4 is 11.8 Å². The minimum atomic E-state index is -4.46. The lowest BCUT2D eigenvalue weighted by molar-refractivity contribution is -0.138. The van der Waals surface area contributed by atoms with Gasteiger partial charge in [0.25, 0.3) is 0 Å². The van der Waals surface area contributed by atoms with Crippen LogP contribution < -0.4 is 16.0 Å². The Balaban J connectivity index is 1.62. The molecule has 0 spiro atoms. The van der Waals surface area contributed by atoms with Gasteiger partial charge in [0.05, 0.1) is 31.0 Å². The second kappa shape index (κ2) is 8.40. The molecule has 2 heterocycles. The second-order valence-corrected chi connectivity index (χ2v) is 6.06. The average molecular weight is 383 g/mol. The summed E-state index contributed by atoms with van der Waals surface area (Å²) in [5, 5.41) is 12.4. The number of morpholine rings is 1. The number of alkyl halides is 3. The van der Waals surface area contributed by atoms with E-state index in [1.807, 2.05) is 0 Å². The van der Waals surface area contributed by atoms with Crippen LogP contribution in [0.15, 0.2) is 36.5 Å². The number of aromatic nitrogens is 2. The minimum Gasteiger partial charge on any atom is -0.374 e. The highest BCUT2D eigenvalue weighted by atomic mass is 19.4. The molecule has 1 aromatic heterocycles. The van der Waals surface area contributed by atoms with Crippen LogP contribution in [0.1, 0.15) is 11.1 Å². The summed E-state index contributed by atoms with van der Waals surface area (Å²) >= 11 is 0. The van der Waals surface area contributed by atoms with Gasteiger partial charge in [0.15, 0.2) is 0 Å². The van der Waals surface area contributed by atoms with Crippen LogP contribution in [0.5, 0.6) is 0 Å². The van der Waals surface area contributed by atoms with Gasteiger partial charge in [-0.1, -0.05) is 18.2 Å². The molecule has 2 aromatic rings. The van der Waals surface area contributed by atoms with Crippen molar-refractivity contribution in [1.29, 1.82) is 0 Å². The number of anilines is 1. The molecule has 27 heavy (non-hydrogen) atoms. The molecule has 0 aliphatic carbocycles. The lowest BCUT2D eigenvalue weighted by Crippen LogP contribution is -2.46. The number of hydrogen-bond acceptors (Lipinski definition) is 4. The Labute approximate surface area is 153 Å². The Bertz CT molecular complexity index is 772. The summed E-state index contributed by atoms with van der Waals surface area (Å²) in [5.41, 5.74) is -0.656. The van der Waals surface area contributed by atoms with Gasteiger partial charge in [-0.3, -0.25) is 5.32 Å². The first-order valence-electron chi connectivity index (χ1n) is 8.47. The van der Waals surface area contributed by atoms with Gasteiger partial charge < -0.3 is 15.4 Å². The van der Waals surface area contributed by atoms with Crippen LogP contribution in [0.2, 0.25) is 0 Å². The first kappa shape index (κ1) is 19.2. The monoisotopic (exact) mass is 383 g/mol. The predicted molar refractivity (Wildman–Crippen MR) is 92.4 cm³/mol. The SMILES string of the molecule is O=C(NC[C@@H]1CNCCO1)Nc1ccnn1Cc1ccccc1C(F)(F)F. The average Bonchev–Trinajstić information content (AvgIpc) is 3.07. The number of amides is 2. The lowest BCUT2D eigenvalue weighted by atomic mass is 10.1. The van der Waals surface area contributed by atoms with Crippen LogP contribution in [-0.2, 0) is 17.5 Å². The lowest BCUT2D eigenvalue weighted by Gasteiger charge is -2.23. The molecular weight excluding hydrogens is 363 g/mol. The van der Waals surface area contributed by atoms with E-state index in [2.05, 4.69) is 21.0 Å². The Morgan fingerprint density at radius 3 is 2.89 bits per heavy atom. The molecule has 0 unspecified atom stereocenters. The van der Waals surface area contributed by atoms with Crippen molar-refractivity contribution in [2.45, 2.75) is 18.8 Å². The highest BCUT2D eigenvalue weighted by molar-refractivity contribution is 5.88. The highest BCUT2D eigenvalue weighted by Crippen LogP contribution is 2.32. The molecule has 1 saturated heterocycles. The molecule has 0 radical (unpaired) electrons. The molecule has 1 aromatic carbocycles. The fourth-order valence-electron chi connectivity index (χ4n) is 2.78. The van der Waals surface area contributed by atoms with E-state index in [0.29, 0.717) is 25.5 Å². The van der Waals surface area contributed by atoms with E-state index in [-0.39, 0.29) is 18.2 Å². The van der Waals surface area contributed by atoms with Gasteiger partial charge in [0.1, 0.15) is 5.82 Å². The minimum absolute atomic E-state index is 0.0684. The third kappa shape index (κ3) is 5.20. The fraction of sp³-hybridized carbons (Fsp3) is 0.412. The molecular formula is C17H20F3N5O2. The van der Waals surface area contributed by atoms with Gasteiger partial charge in [-0.25, -0.2) is 9.48 Å². The predicted octanol–water partition coefficient (Wildman–Crippen LogP) is 2.06. The molecule has 10 heteroatoms. The molecule has 3 rings (SSSR count). The van der Waals surface area contributed by atoms with Crippen molar-refractivity contribution in [2.24, 2.45) is 0 Å². The summed E-state index contributed by atoms with van der Waals surface area (Å²) in [6, 6.07) is 6.33. The molecule has 0 saturated carbocycles. The number of rotatable bonds is 5. The molecule has 1 aliphatic heterocycles. The molecule has 2 amide bonds. The molecule has 7 nitrogen and oxygen atoms in total. The summed E-state index contributed by atoms with van der Waals surface area (Å²) < 4.78 is 46.2. The molecule has 146 valence electrons. The second-order valence-electron chi connectivity index (χ2n) is 6.06. The summed E-state index contributed by atoms with van der Waals surface area (Å²) in [7, 11) is 0. The number of nitrogens with one attached hydrogen (secondary N) is 3. The van der Waals surface area contributed by atoms with Crippen molar-refractivity contribution in [3.05, 3.63) is 47.7 Å². The van der Waals surface area contributed by atoms with Gasteiger partial charge in [-0.2, -0.15) is 18.3 Å². The third-order valence-corrected chi connectivity index (χ3v) is 4.10. The Morgan fingerprint density at radius 2 is 2.15 bits per heavy atom. The number of hydrogen-bond donors (Lipinski definition) is 3. The van der Waals surface area contributed by atoms with Crippen LogP contribution in [-0.4, -0.2) is 48.2 Å². The zero-order valence-electron chi connectivity index (χ0n) is 14.4. The normalized spacial score (nSPS) is 17.5. The first-order valence-corrected chi connectivity index (χ1v) is 8.47. The largest absolute Gasteiger partial charge is 0.416 e. The van der Waals surface area contributed by atoms with Gasteiger partial charge in [0, 0.05) is 25.7 Å². The Hall–Kier alpha value is -2.59. The van der Waals surface area contributed by atoms with Gasteiger partial charge in [-0.15, -0.1) is 0 Å². The van der Waals surface area contributed by atoms with E-state index in [0.717, 1.165) is 12.6 Å². The number of halogens is 3. The quantitative estimate of drug-likeness (QED) is 0.739. The van der Waals surface area contributed by atoms with Crippen molar-refractivity contribution in [3.63, 3.8) is 0 Å². The van der Waals surface area contributed by atoms with E-state index < -0.39 is 17.8 Å². The fourth-order valence-corrected chi connectivity index (χ4v) is 2.78. The van der Waals surface area contributed by atoms with Crippen molar-refractivity contribution in [3.8, 4) is 0 Å². The number of urea groups is 1. The van der Waals surface area contributed by atoms with Crippen LogP contribution in [0, 0.1) is 0 Å². The summed E-state index contributed by atoms with van der Waals surface area (Å²) in [5.74, 6) is 0.298. The summed E-state index contributed by atoms with van der Waals surface area (Å²) in [6.07, 6.45) is -3.16. The molecule has 1 aliphatic rings. The number of nitrogens with zero attached hydrogens (tertiary/aromatic N) is 2. The maximum Gasteiger partial charge on any atom is 0.416 e. The number of ether oxygens (including phenoxy) is 1. The molecule has 0 bridgehead atoms. The van der Waals surface area contributed by atoms with E-state index >= 15 is 0 Å². The van der Waals surface area contributed by atoms with Gasteiger partial charge in [-0.05, 0) is 11.6 Å². The van der Waals surface area contributed by atoms with E-state index in [4.69, 9.17) is 4.74 Å². The van der Waals surface area contributed by atoms with Crippen LogP contribution >= 0.6 is 0 Å². The Kier molecular flexibility index (Phi) is 5.97. The van der Waals surface area contributed by atoms with Crippen LogP contribution in [0.4, 0.5) is 23.8 Å². The maximum absolute atomic E-state index is 13.1. The van der Waals surface area contributed by atoms with Gasteiger partial charge in [0.2, 0.25) is 0 Å². The van der Waals surface area contributed by atoms with E-state index in [1.54, 1.807) is 0 Å². The molecule has 1 atom stereocenters.